The lowest BCUT2D eigenvalue weighted by Gasteiger charge is -2.29. The summed E-state index contributed by atoms with van der Waals surface area (Å²) in [4.78, 5) is 0. The molecule has 1 aliphatic heterocycles. The maximum Gasteiger partial charge on any atom is 0.194 e. The van der Waals surface area contributed by atoms with Crippen LogP contribution in [0.25, 0.3) is 0 Å². The summed E-state index contributed by atoms with van der Waals surface area (Å²) in [7, 11) is 0. The zero-order chi connectivity index (χ0) is 13.1. The van der Waals surface area contributed by atoms with E-state index in [1.54, 1.807) is 0 Å². The van der Waals surface area contributed by atoms with E-state index in [0.717, 1.165) is 25.0 Å². The lowest BCUT2D eigenvalue weighted by Crippen LogP contribution is -2.27. The van der Waals surface area contributed by atoms with Gasteiger partial charge in [-0.1, -0.05) is 13.3 Å². The molecule has 0 atom stereocenters. The molecule has 1 fully saturated rings. The van der Waals surface area contributed by atoms with E-state index in [1.165, 1.54) is 0 Å². The molecule has 0 unspecified atom stereocenters. The van der Waals surface area contributed by atoms with E-state index in [-0.39, 0.29) is 5.56 Å². The van der Waals surface area contributed by atoms with Crippen molar-refractivity contribution >= 4 is 0 Å². The standard InChI is InChI=1S/C13H15F3O2/c1-2-3-8-6-17-13(18-7-8)9-4-10(14)12(16)11(15)5-9/h4-5,8,13H,2-3,6-7H2,1H3. The van der Waals surface area contributed by atoms with Gasteiger partial charge in [0.2, 0.25) is 0 Å². The molecule has 1 aromatic rings. The van der Waals surface area contributed by atoms with Crippen molar-refractivity contribution in [3.05, 3.63) is 35.1 Å². The predicted octanol–water partition coefficient (Wildman–Crippen LogP) is 3.57. The van der Waals surface area contributed by atoms with Gasteiger partial charge in [0.25, 0.3) is 0 Å². The number of hydrogen-bond donors (Lipinski definition) is 0. The summed E-state index contributed by atoms with van der Waals surface area (Å²) in [5.41, 5.74) is 0.168. The van der Waals surface area contributed by atoms with Crippen molar-refractivity contribution in [1.82, 2.24) is 0 Å². The Morgan fingerprint density at radius 2 is 1.67 bits per heavy atom. The van der Waals surface area contributed by atoms with Crippen LogP contribution in [0.2, 0.25) is 0 Å². The van der Waals surface area contributed by atoms with Crippen molar-refractivity contribution < 1.29 is 22.6 Å². The van der Waals surface area contributed by atoms with Crippen molar-refractivity contribution in [2.24, 2.45) is 5.92 Å². The van der Waals surface area contributed by atoms with Gasteiger partial charge in [-0.05, 0) is 18.6 Å². The minimum Gasteiger partial charge on any atom is -0.348 e. The van der Waals surface area contributed by atoms with Gasteiger partial charge in [-0.3, -0.25) is 0 Å². The van der Waals surface area contributed by atoms with Crippen LogP contribution in [0, 0.1) is 23.4 Å². The molecule has 1 heterocycles. The van der Waals surface area contributed by atoms with Crippen molar-refractivity contribution in [2.75, 3.05) is 13.2 Å². The van der Waals surface area contributed by atoms with Crippen LogP contribution in [0.1, 0.15) is 31.6 Å². The Balaban J connectivity index is 2.05. The Hall–Kier alpha value is -1.07. The van der Waals surface area contributed by atoms with E-state index in [1.807, 2.05) is 0 Å². The highest BCUT2D eigenvalue weighted by Gasteiger charge is 2.25. The molecule has 0 spiro atoms. The molecule has 18 heavy (non-hydrogen) atoms. The average Bonchev–Trinajstić information content (AvgIpc) is 2.37. The summed E-state index contributed by atoms with van der Waals surface area (Å²) >= 11 is 0. The molecule has 1 aliphatic rings. The van der Waals surface area contributed by atoms with Gasteiger partial charge in [-0.2, -0.15) is 0 Å². The summed E-state index contributed by atoms with van der Waals surface area (Å²) in [5, 5.41) is 0. The second-order valence-corrected chi connectivity index (χ2v) is 4.45. The van der Waals surface area contributed by atoms with Gasteiger partial charge in [0.05, 0.1) is 13.2 Å². The topological polar surface area (TPSA) is 18.5 Å². The molecule has 5 heteroatoms. The largest absolute Gasteiger partial charge is 0.348 e. The molecular formula is C13H15F3O2. The van der Waals surface area contributed by atoms with E-state index < -0.39 is 23.7 Å². The Morgan fingerprint density at radius 3 is 2.17 bits per heavy atom. The molecule has 0 bridgehead atoms. The summed E-state index contributed by atoms with van der Waals surface area (Å²) in [6.07, 6.45) is 1.20. The number of ether oxygens (including phenoxy) is 2. The molecule has 0 N–H and O–H groups in total. The smallest absolute Gasteiger partial charge is 0.194 e. The van der Waals surface area contributed by atoms with Gasteiger partial charge in [-0.15, -0.1) is 0 Å². The average molecular weight is 260 g/mol. The van der Waals surface area contributed by atoms with Gasteiger partial charge in [0.15, 0.2) is 23.7 Å². The number of rotatable bonds is 3. The molecule has 0 aromatic heterocycles. The van der Waals surface area contributed by atoms with Crippen molar-refractivity contribution in [2.45, 2.75) is 26.1 Å². The summed E-state index contributed by atoms with van der Waals surface area (Å²) in [6.45, 7) is 3.04. The second-order valence-electron chi connectivity index (χ2n) is 4.45. The van der Waals surface area contributed by atoms with E-state index in [2.05, 4.69) is 6.92 Å². The Morgan fingerprint density at radius 1 is 1.11 bits per heavy atom. The molecule has 100 valence electrons. The molecule has 2 nitrogen and oxygen atoms in total. The maximum atomic E-state index is 13.1. The molecule has 1 aromatic carbocycles. The molecule has 1 saturated heterocycles. The van der Waals surface area contributed by atoms with Gasteiger partial charge in [0, 0.05) is 11.5 Å². The number of benzene rings is 1. The first-order valence-corrected chi connectivity index (χ1v) is 5.99. The van der Waals surface area contributed by atoms with Gasteiger partial charge >= 0.3 is 0 Å². The summed E-state index contributed by atoms with van der Waals surface area (Å²) < 4.78 is 49.7. The molecule has 0 radical (unpaired) electrons. The zero-order valence-electron chi connectivity index (χ0n) is 10.1. The molecule has 0 saturated carbocycles. The summed E-state index contributed by atoms with van der Waals surface area (Å²) in [6, 6.07) is 1.81. The van der Waals surface area contributed by atoms with Crippen molar-refractivity contribution in [1.29, 1.82) is 0 Å². The summed E-state index contributed by atoms with van der Waals surface area (Å²) in [5.74, 6) is -3.62. The first-order chi connectivity index (χ1) is 8.61. The van der Waals surface area contributed by atoms with Crippen molar-refractivity contribution in [3.8, 4) is 0 Å². The van der Waals surface area contributed by atoms with Crippen LogP contribution in [0.3, 0.4) is 0 Å². The third kappa shape index (κ3) is 2.84. The van der Waals surface area contributed by atoms with Crippen LogP contribution in [-0.4, -0.2) is 13.2 Å². The van der Waals surface area contributed by atoms with Crippen LogP contribution in [0.4, 0.5) is 13.2 Å². The Bertz CT molecular complexity index is 392. The maximum absolute atomic E-state index is 13.1. The first-order valence-electron chi connectivity index (χ1n) is 5.99. The van der Waals surface area contributed by atoms with Gasteiger partial charge < -0.3 is 9.47 Å². The molecule has 2 rings (SSSR count). The number of halogens is 3. The van der Waals surface area contributed by atoms with Crippen LogP contribution >= 0.6 is 0 Å². The minimum absolute atomic E-state index is 0.168. The van der Waals surface area contributed by atoms with E-state index in [0.29, 0.717) is 19.1 Å². The third-order valence-corrected chi connectivity index (χ3v) is 2.94. The van der Waals surface area contributed by atoms with Crippen LogP contribution in [0.5, 0.6) is 0 Å². The van der Waals surface area contributed by atoms with E-state index >= 15 is 0 Å². The van der Waals surface area contributed by atoms with Gasteiger partial charge in [-0.25, -0.2) is 13.2 Å². The number of hydrogen-bond acceptors (Lipinski definition) is 2. The van der Waals surface area contributed by atoms with E-state index in [4.69, 9.17) is 9.47 Å². The monoisotopic (exact) mass is 260 g/mol. The van der Waals surface area contributed by atoms with Crippen LogP contribution in [-0.2, 0) is 9.47 Å². The third-order valence-electron chi connectivity index (χ3n) is 2.94. The lowest BCUT2D eigenvalue weighted by molar-refractivity contribution is -0.206. The van der Waals surface area contributed by atoms with Crippen molar-refractivity contribution in [3.63, 3.8) is 0 Å². The first kappa shape index (κ1) is 13.4. The SMILES string of the molecule is CCCC1COC(c2cc(F)c(F)c(F)c2)OC1. The highest BCUT2D eigenvalue weighted by Crippen LogP contribution is 2.28. The fourth-order valence-corrected chi connectivity index (χ4v) is 2.02. The van der Waals surface area contributed by atoms with Gasteiger partial charge in [0.1, 0.15) is 0 Å². The van der Waals surface area contributed by atoms with Crippen LogP contribution in [0.15, 0.2) is 12.1 Å². The minimum atomic E-state index is -1.47. The molecule has 0 aliphatic carbocycles. The highest BCUT2D eigenvalue weighted by molar-refractivity contribution is 5.20. The van der Waals surface area contributed by atoms with Crippen LogP contribution < -0.4 is 0 Å². The fraction of sp³-hybridized carbons (Fsp3) is 0.538. The quantitative estimate of drug-likeness (QED) is 0.773. The fourth-order valence-electron chi connectivity index (χ4n) is 2.02. The second kappa shape index (κ2) is 5.71. The Labute approximate surface area is 104 Å². The predicted molar refractivity (Wildman–Crippen MR) is 59.4 cm³/mol. The Kier molecular flexibility index (Phi) is 4.24. The van der Waals surface area contributed by atoms with E-state index in [9.17, 15) is 13.2 Å². The normalized spacial score (nSPS) is 24.2. The zero-order valence-corrected chi connectivity index (χ0v) is 10.1. The lowest BCUT2D eigenvalue weighted by atomic mass is 10.1. The molecule has 0 amide bonds. The molecular weight excluding hydrogens is 245 g/mol. The highest BCUT2D eigenvalue weighted by atomic mass is 19.2.